The molecule has 1 aromatic carbocycles. The van der Waals surface area contributed by atoms with Gasteiger partial charge < -0.3 is 4.57 Å². The Morgan fingerprint density at radius 1 is 1.38 bits per heavy atom. The van der Waals surface area contributed by atoms with Crippen LogP contribution < -0.4 is 0 Å². The Bertz CT molecular complexity index is 501. The van der Waals surface area contributed by atoms with Crippen molar-refractivity contribution in [2.45, 2.75) is 6.92 Å². The molecule has 0 N–H and O–H groups in total. The minimum Gasteiger partial charge on any atom is -0.349 e. The summed E-state index contributed by atoms with van der Waals surface area (Å²) in [5.41, 5.74) is 3.05. The van der Waals surface area contributed by atoms with Gasteiger partial charge >= 0.3 is 0 Å². The number of hydrogen-bond acceptors (Lipinski definition) is 1. The summed E-state index contributed by atoms with van der Waals surface area (Å²) in [5.74, 6) is 0. The third-order valence-electron chi connectivity index (χ3n) is 2.27. The number of hydrogen-bond donors (Lipinski definition) is 0. The standard InChI is InChI=1S/C11H10N2/c1-8-3-4-11-10(5-8)9(6-12)7-13(11)2/h3-5,7H,1-2H3. The maximum Gasteiger partial charge on any atom is 0.101 e. The molecule has 2 nitrogen and oxygen atoms in total. The molecule has 0 radical (unpaired) electrons. The number of nitriles is 1. The Hall–Kier alpha value is -1.75. The van der Waals surface area contributed by atoms with Crippen molar-refractivity contribution in [3.63, 3.8) is 0 Å². The molecule has 64 valence electrons. The molecule has 0 saturated heterocycles. The SMILES string of the molecule is Cc1ccc2c(c1)c(C#N)cn2C. The highest BCUT2D eigenvalue weighted by Crippen LogP contribution is 2.20. The average molecular weight is 170 g/mol. The fourth-order valence-electron chi connectivity index (χ4n) is 1.60. The fourth-order valence-corrected chi connectivity index (χ4v) is 1.60. The first kappa shape index (κ1) is 7.88. The second kappa shape index (κ2) is 2.63. The monoisotopic (exact) mass is 170 g/mol. The van der Waals surface area contributed by atoms with E-state index in [0.717, 1.165) is 16.5 Å². The summed E-state index contributed by atoms with van der Waals surface area (Å²) in [6, 6.07) is 8.35. The number of rotatable bonds is 0. The fraction of sp³-hybridized carbons (Fsp3) is 0.182. The first-order valence-electron chi connectivity index (χ1n) is 4.18. The maximum atomic E-state index is 8.88. The average Bonchev–Trinajstić information content (AvgIpc) is 2.42. The third kappa shape index (κ3) is 1.09. The van der Waals surface area contributed by atoms with Gasteiger partial charge in [0, 0.05) is 24.1 Å². The normalized spacial score (nSPS) is 10.2. The van der Waals surface area contributed by atoms with E-state index in [-0.39, 0.29) is 0 Å². The Labute approximate surface area is 77.0 Å². The van der Waals surface area contributed by atoms with Crippen molar-refractivity contribution >= 4 is 10.9 Å². The highest BCUT2D eigenvalue weighted by molar-refractivity contribution is 5.86. The summed E-state index contributed by atoms with van der Waals surface area (Å²) in [4.78, 5) is 0. The molecule has 0 unspecified atom stereocenters. The van der Waals surface area contributed by atoms with Crippen LogP contribution in [-0.2, 0) is 7.05 Å². The van der Waals surface area contributed by atoms with Crippen LogP contribution in [0, 0.1) is 18.3 Å². The number of aromatic nitrogens is 1. The predicted octanol–water partition coefficient (Wildman–Crippen LogP) is 2.36. The molecule has 0 fully saturated rings. The zero-order valence-corrected chi connectivity index (χ0v) is 7.70. The Morgan fingerprint density at radius 3 is 2.85 bits per heavy atom. The lowest BCUT2D eigenvalue weighted by atomic mass is 10.1. The van der Waals surface area contributed by atoms with Crippen molar-refractivity contribution in [3.8, 4) is 6.07 Å². The zero-order chi connectivity index (χ0) is 9.42. The molecular formula is C11H10N2. The number of nitrogens with zero attached hydrogens (tertiary/aromatic N) is 2. The molecule has 2 heteroatoms. The summed E-state index contributed by atoms with van der Waals surface area (Å²) < 4.78 is 1.98. The lowest BCUT2D eigenvalue weighted by Gasteiger charge is -1.95. The van der Waals surface area contributed by atoms with E-state index in [1.807, 2.05) is 36.9 Å². The molecule has 2 rings (SSSR count). The number of benzene rings is 1. The van der Waals surface area contributed by atoms with Crippen molar-refractivity contribution in [2.24, 2.45) is 7.05 Å². The van der Waals surface area contributed by atoms with E-state index in [2.05, 4.69) is 12.1 Å². The molecule has 0 aliphatic carbocycles. The van der Waals surface area contributed by atoms with Gasteiger partial charge in [0.1, 0.15) is 6.07 Å². The van der Waals surface area contributed by atoms with Crippen molar-refractivity contribution in [2.75, 3.05) is 0 Å². The molecule has 0 aliphatic heterocycles. The third-order valence-corrected chi connectivity index (χ3v) is 2.27. The van der Waals surface area contributed by atoms with Crippen LogP contribution in [0.2, 0.25) is 0 Å². The van der Waals surface area contributed by atoms with Crippen LogP contribution >= 0.6 is 0 Å². The molecular weight excluding hydrogens is 160 g/mol. The first-order chi connectivity index (χ1) is 6.22. The molecule has 0 aliphatic rings. The van der Waals surface area contributed by atoms with E-state index in [1.54, 1.807) is 0 Å². The van der Waals surface area contributed by atoms with Gasteiger partial charge in [-0.05, 0) is 19.1 Å². The van der Waals surface area contributed by atoms with Crippen LogP contribution in [0.1, 0.15) is 11.1 Å². The van der Waals surface area contributed by atoms with Gasteiger partial charge in [-0.15, -0.1) is 0 Å². The van der Waals surface area contributed by atoms with Crippen molar-refractivity contribution in [1.82, 2.24) is 4.57 Å². The second-order valence-electron chi connectivity index (χ2n) is 3.29. The van der Waals surface area contributed by atoms with Crippen LogP contribution in [0.25, 0.3) is 10.9 Å². The van der Waals surface area contributed by atoms with Gasteiger partial charge in [0.15, 0.2) is 0 Å². The number of fused-ring (bicyclic) bond motifs is 1. The summed E-state index contributed by atoms with van der Waals surface area (Å²) in [6.45, 7) is 2.04. The van der Waals surface area contributed by atoms with Crippen LogP contribution in [0.4, 0.5) is 0 Å². The molecule has 1 heterocycles. The van der Waals surface area contributed by atoms with Crippen LogP contribution in [0.5, 0.6) is 0 Å². The van der Waals surface area contributed by atoms with Crippen LogP contribution in [0.3, 0.4) is 0 Å². The quantitative estimate of drug-likeness (QED) is 0.596. The van der Waals surface area contributed by atoms with Crippen molar-refractivity contribution in [1.29, 1.82) is 5.26 Å². The smallest absolute Gasteiger partial charge is 0.101 e. The molecule has 1 aromatic heterocycles. The van der Waals surface area contributed by atoms with Crippen LogP contribution in [0.15, 0.2) is 24.4 Å². The van der Waals surface area contributed by atoms with Crippen LogP contribution in [-0.4, -0.2) is 4.57 Å². The van der Waals surface area contributed by atoms with E-state index in [4.69, 9.17) is 5.26 Å². The topological polar surface area (TPSA) is 28.7 Å². The lowest BCUT2D eigenvalue weighted by Crippen LogP contribution is -1.82. The van der Waals surface area contributed by atoms with Crippen molar-refractivity contribution in [3.05, 3.63) is 35.5 Å². The molecule has 0 atom stereocenters. The minimum atomic E-state index is 0.751. The second-order valence-corrected chi connectivity index (χ2v) is 3.29. The summed E-state index contributed by atoms with van der Waals surface area (Å²) in [6.07, 6.45) is 1.87. The Morgan fingerprint density at radius 2 is 2.15 bits per heavy atom. The lowest BCUT2D eigenvalue weighted by molar-refractivity contribution is 0.967. The van der Waals surface area contributed by atoms with Gasteiger partial charge in [0.25, 0.3) is 0 Å². The van der Waals surface area contributed by atoms with Gasteiger partial charge in [-0.2, -0.15) is 5.26 Å². The Kier molecular flexibility index (Phi) is 1.60. The predicted molar refractivity (Wildman–Crippen MR) is 52.4 cm³/mol. The van der Waals surface area contributed by atoms with Crippen molar-refractivity contribution < 1.29 is 0 Å². The highest BCUT2D eigenvalue weighted by atomic mass is 14.9. The molecule has 0 bridgehead atoms. The summed E-state index contributed by atoms with van der Waals surface area (Å²) in [7, 11) is 1.96. The van der Waals surface area contributed by atoms with E-state index >= 15 is 0 Å². The van der Waals surface area contributed by atoms with E-state index in [9.17, 15) is 0 Å². The first-order valence-corrected chi connectivity index (χ1v) is 4.18. The van der Waals surface area contributed by atoms with Gasteiger partial charge in [-0.25, -0.2) is 0 Å². The summed E-state index contributed by atoms with van der Waals surface area (Å²) >= 11 is 0. The zero-order valence-electron chi connectivity index (χ0n) is 7.70. The van der Waals surface area contributed by atoms with Gasteiger partial charge in [0.2, 0.25) is 0 Å². The minimum absolute atomic E-state index is 0.751. The molecule has 0 amide bonds. The molecule has 2 aromatic rings. The van der Waals surface area contributed by atoms with Gasteiger partial charge in [-0.1, -0.05) is 11.6 Å². The molecule has 0 spiro atoms. The summed E-state index contributed by atoms with van der Waals surface area (Å²) in [5, 5.41) is 9.92. The van der Waals surface area contributed by atoms with Gasteiger partial charge in [-0.3, -0.25) is 0 Å². The van der Waals surface area contributed by atoms with Gasteiger partial charge in [0.05, 0.1) is 5.56 Å². The molecule has 0 saturated carbocycles. The highest BCUT2D eigenvalue weighted by Gasteiger charge is 2.04. The van der Waals surface area contributed by atoms with E-state index in [0.29, 0.717) is 0 Å². The maximum absolute atomic E-state index is 8.88. The van der Waals surface area contributed by atoms with E-state index < -0.39 is 0 Å². The molecule has 13 heavy (non-hydrogen) atoms. The van der Waals surface area contributed by atoms with E-state index in [1.165, 1.54) is 5.56 Å². The Balaban J connectivity index is 2.91. The number of aryl methyl sites for hydroxylation is 2. The largest absolute Gasteiger partial charge is 0.349 e.